The molecular weight excluding hydrogens is 460 g/mol. The van der Waals surface area contributed by atoms with Gasteiger partial charge in [0.05, 0.1) is 13.2 Å². The number of aliphatic hydroxyl groups is 1. The lowest BCUT2D eigenvalue weighted by molar-refractivity contribution is -0.138. The van der Waals surface area contributed by atoms with Crippen LogP contribution in [-0.4, -0.2) is 30.9 Å². The summed E-state index contributed by atoms with van der Waals surface area (Å²) >= 11 is 0. The molecule has 3 aromatic rings. The quantitative estimate of drug-likeness (QED) is 0.143. The average Bonchev–Trinajstić information content (AvgIpc) is 2.92. The molecule has 3 rings (SSSR count). The predicted molar refractivity (Wildman–Crippen MR) is 152 cm³/mol. The Hall–Kier alpha value is -3.37. The number of hydrogen-bond donors (Lipinski definition) is 1. The van der Waals surface area contributed by atoms with Crippen LogP contribution in [0.5, 0.6) is 5.75 Å². The van der Waals surface area contributed by atoms with Gasteiger partial charge in [0.25, 0.3) is 0 Å². The molecule has 0 aliphatic rings. The van der Waals surface area contributed by atoms with Crippen LogP contribution in [0.2, 0.25) is 0 Å². The van der Waals surface area contributed by atoms with E-state index in [1.165, 1.54) is 41.5 Å². The lowest BCUT2D eigenvalue weighted by Gasteiger charge is -2.16. The Labute approximate surface area is 222 Å². The minimum atomic E-state index is -0.386. The van der Waals surface area contributed by atoms with Gasteiger partial charge in [-0.05, 0) is 77.3 Å². The maximum Gasteiger partial charge on any atom is 0.333 e. The molecule has 0 heterocycles. The number of aliphatic hydroxyl groups excluding tert-OH is 1. The van der Waals surface area contributed by atoms with Gasteiger partial charge in [0.2, 0.25) is 0 Å². The van der Waals surface area contributed by atoms with Crippen molar-refractivity contribution in [1.29, 1.82) is 0 Å². The summed E-state index contributed by atoms with van der Waals surface area (Å²) in [6.45, 7) is 10.2. The highest BCUT2D eigenvalue weighted by Gasteiger charge is 2.12. The minimum Gasteiger partial charge on any atom is -0.491 e. The Morgan fingerprint density at radius 3 is 2.22 bits per heavy atom. The van der Waals surface area contributed by atoms with Crippen molar-refractivity contribution in [1.82, 2.24) is 0 Å². The van der Waals surface area contributed by atoms with E-state index in [1.807, 2.05) is 18.2 Å². The highest BCUT2D eigenvalue weighted by molar-refractivity contribution is 5.87. The summed E-state index contributed by atoms with van der Waals surface area (Å²) in [4.78, 5) is 11.9. The zero-order valence-electron chi connectivity index (χ0n) is 22.5. The third-order valence-electron chi connectivity index (χ3n) is 6.52. The molecular formula is C33H40O4. The number of ether oxygens (including phenoxy) is 2. The third-order valence-corrected chi connectivity index (χ3v) is 6.52. The molecule has 37 heavy (non-hydrogen) atoms. The molecule has 0 saturated heterocycles. The maximum atomic E-state index is 11.9. The van der Waals surface area contributed by atoms with E-state index in [4.69, 9.17) is 14.6 Å². The zero-order chi connectivity index (χ0) is 26.6. The van der Waals surface area contributed by atoms with E-state index in [1.54, 1.807) is 6.92 Å². The van der Waals surface area contributed by atoms with Crippen molar-refractivity contribution in [3.05, 3.63) is 89.5 Å². The number of rotatable bonds is 14. The molecule has 0 fully saturated rings. The second-order valence-corrected chi connectivity index (χ2v) is 9.44. The lowest BCUT2D eigenvalue weighted by Crippen LogP contribution is -2.09. The normalized spacial score (nSPS) is 10.8. The molecule has 0 atom stereocenters. The molecule has 0 spiro atoms. The average molecular weight is 501 g/mol. The van der Waals surface area contributed by atoms with Crippen LogP contribution in [0.4, 0.5) is 0 Å². The summed E-state index contributed by atoms with van der Waals surface area (Å²) in [5.74, 6) is 0.300. The monoisotopic (exact) mass is 500 g/mol. The topological polar surface area (TPSA) is 55.8 Å². The van der Waals surface area contributed by atoms with Gasteiger partial charge in [0, 0.05) is 12.0 Å². The predicted octanol–water partition coefficient (Wildman–Crippen LogP) is 7.35. The highest BCUT2D eigenvalue weighted by atomic mass is 16.5. The summed E-state index contributed by atoms with van der Waals surface area (Å²) < 4.78 is 11.0. The smallest absolute Gasteiger partial charge is 0.333 e. The van der Waals surface area contributed by atoms with Gasteiger partial charge in [-0.2, -0.15) is 0 Å². The van der Waals surface area contributed by atoms with Gasteiger partial charge in [-0.1, -0.05) is 81.8 Å². The van der Waals surface area contributed by atoms with Crippen molar-refractivity contribution in [2.24, 2.45) is 0 Å². The van der Waals surface area contributed by atoms with Crippen LogP contribution < -0.4 is 4.74 Å². The first-order chi connectivity index (χ1) is 18.0. The van der Waals surface area contributed by atoms with Gasteiger partial charge in [-0.3, -0.25) is 0 Å². The molecule has 0 amide bonds. The van der Waals surface area contributed by atoms with Gasteiger partial charge >= 0.3 is 5.97 Å². The number of benzene rings is 3. The van der Waals surface area contributed by atoms with Crippen LogP contribution in [0, 0.1) is 0 Å². The van der Waals surface area contributed by atoms with E-state index >= 15 is 0 Å². The van der Waals surface area contributed by atoms with Crippen molar-refractivity contribution in [2.75, 3.05) is 19.8 Å². The summed E-state index contributed by atoms with van der Waals surface area (Å²) in [6.07, 6.45) is 6.36. The SMILES string of the molecule is C=C(C)C(=O)OCCc1cc(OCCO)ccc1-c1ccc(-c2ccc(CCCCC)cc2)c(CC)c1. The standard InChI is InChI=1S/C33H40O4/c1-5-7-8-9-25-10-12-27(13-11-25)31-16-14-28(22-26(31)6-2)32-17-15-30(36-21-19-34)23-29(32)18-20-37-33(35)24(3)4/h10-17,22-23,34H,3,5-9,18-21H2,1-2,4H3. The van der Waals surface area contributed by atoms with E-state index in [0.717, 1.165) is 29.5 Å². The number of esters is 1. The fourth-order valence-electron chi connectivity index (χ4n) is 4.45. The van der Waals surface area contributed by atoms with Gasteiger partial charge < -0.3 is 14.6 Å². The fourth-order valence-corrected chi connectivity index (χ4v) is 4.45. The second-order valence-electron chi connectivity index (χ2n) is 9.44. The Kier molecular flexibility index (Phi) is 11.0. The lowest BCUT2D eigenvalue weighted by atomic mass is 9.91. The zero-order valence-corrected chi connectivity index (χ0v) is 22.5. The molecule has 196 valence electrons. The molecule has 0 unspecified atom stereocenters. The number of carbonyl (C=O) groups is 1. The van der Waals surface area contributed by atoms with E-state index < -0.39 is 0 Å². The molecule has 0 aliphatic carbocycles. The number of aryl methyl sites for hydroxylation is 2. The highest BCUT2D eigenvalue weighted by Crippen LogP contribution is 2.33. The van der Waals surface area contributed by atoms with Crippen molar-refractivity contribution in [2.45, 2.75) is 59.3 Å². The van der Waals surface area contributed by atoms with Crippen LogP contribution in [0.1, 0.15) is 56.7 Å². The molecule has 0 saturated carbocycles. The van der Waals surface area contributed by atoms with Crippen LogP contribution in [0.3, 0.4) is 0 Å². The molecule has 0 bridgehead atoms. The van der Waals surface area contributed by atoms with Gasteiger partial charge in [0.1, 0.15) is 12.4 Å². The first-order valence-electron chi connectivity index (χ1n) is 13.4. The van der Waals surface area contributed by atoms with Crippen molar-refractivity contribution >= 4 is 5.97 Å². The Morgan fingerprint density at radius 2 is 1.54 bits per heavy atom. The van der Waals surface area contributed by atoms with E-state index in [2.05, 4.69) is 62.9 Å². The first kappa shape index (κ1) is 28.2. The molecule has 0 radical (unpaired) electrons. The summed E-state index contributed by atoms with van der Waals surface area (Å²) in [5, 5.41) is 9.13. The van der Waals surface area contributed by atoms with E-state index in [0.29, 0.717) is 17.7 Å². The second kappa shape index (κ2) is 14.4. The van der Waals surface area contributed by atoms with Gasteiger partial charge in [0.15, 0.2) is 0 Å². The maximum absolute atomic E-state index is 11.9. The van der Waals surface area contributed by atoms with Crippen molar-refractivity contribution < 1.29 is 19.4 Å². The third kappa shape index (κ3) is 8.06. The summed E-state index contributed by atoms with van der Waals surface area (Å²) in [5.41, 5.74) is 8.79. The van der Waals surface area contributed by atoms with Gasteiger partial charge in [-0.25, -0.2) is 4.79 Å². The van der Waals surface area contributed by atoms with E-state index in [-0.39, 0.29) is 25.8 Å². The Bertz CT molecular complexity index is 1180. The number of hydrogen-bond acceptors (Lipinski definition) is 4. The van der Waals surface area contributed by atoms with Gasteiger partial charge in [-0.15, -0.1) is 0 Å². The van der Waals surface area contributed by atoms with Crippen LogP contribution >= 0.6 is 0 Å². The van der Waals surface area contributed by atoms with Crippen LogP contribution in [-0.2, 0) is 28.8 Å². The first-order valence-corrected chi connectivity index (χ1v) is 13.4. The van der Waals surface area contributed by atoms with Crippen molar-refractivity contribution in [3.63, 3.8) is 0 Å². The molecule has 0 aliphatic heterocycles. The molecule has 1 N–H and O–H groups in total. The summed E-state index contributed by atoms with van der Waals surface area (Å²) in [6, 6.07) is 21.6. The Balaban J connectivity index is 1.87. The molecule has 0 aromatic heterocycles. The van der Waals surface area contributed by atoms with Crippen LogP contribution in [0.15, 0.2) is 72.8 Å². The number of carbonyl (C=O) groups excluding carboxylic acids is 1. The fraction of sp³-hybridized carbons (Fsp3) is 0.364. The Morgan fingerprint density at radius 1 is 0.838 bits per heavy atom. The largest absolute Gasteiger partial charge is 0.491 e. The van der Waals surface area contributed by atoms with E-state index in [9.17, 15) is 4.79 Å². The molecule has 4 nitrogen and oxygen atoms in total. The molecule has 4 heteroatoms. The van der Waals surface area contributed by atoms with Crippen LogP contribution in [0.25, 0.3) is 22.3 Å². The summed E-state index contributed by atoms with van der Waals surface area (Å²) in [7, 11) is 0. The molecule has 3 aromatic carbocycles. The van der Waals surface area contributed by atoms with Crippen molar-refractivity contribution in [3.8, 4) is 28.0 Å². The minimum absolute atomic E-state index is 0.0473. The number of unbranched alkanes of at least 4 members (excludes halogenated alkanes) is 2.